The maximum absolute atomic E-state index is 13.1. The van der Waals surface area contributed by atoms with Crippen LogP contribution in [0.2, 0.25) is 0 Å². The van der Waals surface area contributed by atoms with Crippen LogP contribution in [0.1, 0.15) is 53.2 Å². The van der Waals surface area contributed by atoms with Crippen LogP contribution in [0.25, 0.3) is 0 Å². The number of rotatable bonds is 14. The number of alkyl halides is 3. The number of carboxylic acids is 1. The number of aryl methyl sites for hydroxylation is 1. The highest BCUT2D eigenvalue weighted by molar-refractivity contribution is 7.86. The number of urea groups is 1. The Labute approximate surface area is 334 Å². The highest BCUT2D eigenvalue weighted by Gasteiger charge is 2.44. The van der Waals surface area contributed by atoms with Crippen molar-refractivity contribution in [1.29, 1.82) is 0 Å². The number of halogens is 3. The van der Waals surface area contributed by atoms with Gasteiger partial charge in [-0.05, 0) is 72.0 Å². The van der Waals surface area contributed by atoms with E-state index in [1.54, 1.807) is 30.3 Å². The average molecular weight is 821 g/mol. The van der Waals surface area contributed by atoms with Crippen molar-refractivity contribution in [3.63, 3.8) is 0 Å². The third kappa shape index (κ3) is 13.2. The van der Waals surface area contributed by atoms with Gasteiger partial charge in [0.25, 0.3) is 0 Å². The number of anilines is 3. The predicted octanol–water partition coefficient (Wildman–Crippen LogP) is 9.00. The molecule has 5 rings (SSSR count). The molecule has 0 aliphatic heterocycles. The van der Waals surface area contributed by atoms with Crippen LogP contribution in [0.4, 0.5) is 35.0 Å². The first-order valence-electron chi connectivity index (χ1n) is 17.8. The van der Waals surface area contributed by atoms with E-state index in [1.165, 1.54) is 7.11 Å². The second-order valence-electron chi connectivity index (χ2n) is 13.1. The van der Waals surface area contributed by atoms with Crippen LogP contribution in [-0.4, -0.2) is 53.5 Å². The molecule has 58 heavy (non-hydrogen) atoms. The van der Waals surface area contributed by atoms with Crippen LogP contribution in [-0.2, 0) is 32.7 Å². The van der Waals surface area contributed by atoms with Gasteiger partial charge in [0.15, 0.2) is 0 Å². The highest BCUT2D eigenvalue weighted by Crippen LogP contribution is 2.35. The summed E-state index contributed by atoms with van der Waals surface area (Å²) in [5.41, 5.74) is 0.884. The lowest BCUT2D eigenvalue weighted by Gasteiger charge is -2.37. The van der Waals surface area contributed by atoms with Crippen molar-refractivity contribution < 1.29 is 50.4 Å². The van der Waals surface area contributed by atoms with Gasteiger partial charge in [0.1, 0.15) is 5.75 Å². The molecule has 5 aromatic rings. The van der Waals surface area contributed by atoms with E-state index < -0.39 is 33.7 Å². The van der Waals surface area contributed by atoms with Gasteiger partial charge in [-0.2, -0.15) is 21.6 Å². The van der Waals surface area contributed by atoms with Gasteiger partial charge in [0.05, 0.1) is 25.6 Å². The highest BCUT2D eigenvalue weighted by atomic mass is 32.2. The number of aliphatic carboxylic acids is 1. The number of methoxy groups -OCH3 is 1. The Morgan fingerprint density at radius 1 is 0.759 bits per heavy atom. The molecule has 0 saturated carbocycles. The molecule has 0 aliphatic carbocycles. The number of nitrogens with zero attached hydrogens (tertiary/aromatic N) is 1. The third-order valence-electron chi connectivity index (χ3n) is 8.90. The Bertz CT molecular complexity index is 2260. The molecule has 0 bridgehead atoms. The molecule has 0 heterocycles. The van der Waals surface area contributed by atoms with Crippen molar-refractivity contribution >= 4 is 45.1 Å². The number of ether oxygens (including phenoxy) is 1. The molecule has 0 aromatic heterocycles. The van der Waals surface area contributed by atoms with Crippen molar-refractivity contribution in [3.8, 4) is 5.75 Å². The zero-order valence-corrected chi connectivity index (χ0v) is 32.6. The van der Waals surface area contributed by atoms with Crippen LogP contribution in [0, 0.1) is 6.92 Å². The summed E-state index contributed by atoms with van der Waals surface area (Å²) in [6.45, 7) is 4.57. The first-order valence-corrected chi connectivity index (χ1v) is 19.2. The Morgan fingerprint density at radius 3 is 1.90 bits per heavy atom. The first-order chi connectivity index (χ1) is 27.4. The number of carboxylic acid groups (broad SMARTS) is 1. The smallest absolute Gasteiger partial charge is 0.495 e. The van der Waals surface area contributed by atoms with Crippen molar-refractivity contribution in [1.82, 2.24) is 4.90 Å². The standard InChI is InChI=1S/C41H42N4O5.CHF3O3S/c1-28-12-10-11-17-35(28)43-41(49)44-36-23-18-31(24-38(36)50-3)25-39(46)42-34-21-19-33(20-22-34)37(26-40(47)48)45(27-30-13-6-4-7-14-30)29(2)32-15-8-5-9-16-32;2-1(3,4)8(5,6)7/h4-24,29,37H,25-27H2,1-3H3,(H,42,46)(H,47,48)(H2,43,44,49);(H,5,6,7)/t29-,37?;/m0./s1. The number of hydrogen-bond acceptors (Lipinski definition) is 7. The summed E-state index contributed by atoms with van der Waals surface area (Å²) >= 11 is 0. The number of carbonyl (C=O) groups is 3. The van der Waals surface area contributed by atoms with Gasteiger partial charge in [-0.15, -0.1) is 0 Å². The van der Waals surface area contributed by atoms with E-state index in [1.807, 2.05) is 91.9 Å². The quantitative estimate of drug-likeness (QED) is 0.0541. The largest absolute Gasteiger partial charge is 0.522 e. The van der Waals surface area contributed by atoms with Crippen molar-refractivity contribution in [2.45, 2.75) is 50.8 Å². The molecular formula is C42H43F3N4O8S. The number of amides is 3. The maximum atomic E-state index is 13.1. The van der Waals surface area contributed by atoms with Gasteiger partial charge in [0.2, 0.25) is 5.91 Å². The van der Waals surface area contributed by atoms with Gasteiger partial charge < -0.3 is 25.8 Å². The number of benzene rings is 5. The minimum absolute atomic E-state index is 0.0684. The lowest BCUT2D eigenvalue weighted by Crippen LogP contribution is -2.32. The zero-order valence-electron chi connectivity index (χ0n) is 31.7. The molecule has 0 aliphatic rings. The van der Waals surface area contributed by atoms with E-state index in [9.17, 15) is 32.7 Å². The summed E-state index contributed by atoms with van der Waals surface area (Å²) in [7, 11) is -4.34. The fourth-order valence-electron chi connectivity index (χ4n) is 5.94. The number of carbonyl (C=O) groups excluding carboxylic acids is 2. The average Bonchev–Trinajstić information content (AvgIpc) is 3.18. The fourth-order valence-corrected chi connectivity index (χ4v) is 5.94. The van der Waals surface area contributed by atoms with Gasteiger partial charge in [-0.1, -0.05) is 97.1 Å². The van der Waals surface area contributed by atoms with E-state index in [2.05, 4.69) is 39.9 Å². The molecule has 16 heteroatoms. The lowest BCUT2D eigenvalue weighted by atomic mass is 9.96. The normalized spacial score (nSPS) is 12.3. The minimum Gasteiger partial charge on any atom is -0.495 e. The fraction of sp³-hybridized carbons (Fsp3) is 0.214. The third-order valence-corrected chi connectivity index (χ3v) is 9.48. The van der Waals surface area contributed by atoms with Crippen molar-refractivity contribution in [2.24, 2.45) is 0 Å². The SMILES string of the molecule is COc1cc(CC(=O)Nc2ccc(C(CC(=O)O)N(Cc3ccccc3)[C@@H](C)c3ccccc3)cc2)ccc1NC(=O)Nc1ccccc1C.O=S(=O)(O)C(F)(F)F. The van der Waals surface area contributed by atoms with Gasteiger partial charge in [0, 0.05) is 30.0 Å². The van der Waals surface area contributed by atoms with Crippen LogP contribution < -0.4 is 20.7 Å². The lowest BCUT2D eigenvalue weighted by molar-refractivity contribution is -0.139. The molecule has 0 spiro atoms. The number of para-hydroxylation sites is 1. The maximum Gasteiger partial charge on any atom is 0.522 e. The number of hydrogen-bond donors (Lipinski definition) is 5. The van der Waals surface area contributed by atoms with E-state index in [-0.39, 0.29) is 24.8 Å². The summed E-state index contributed by atoms with van der Waals surface area (Å²) in [4.78, 5) is 40.1. The number of nitrogens with one attached hydrogen (secondary N) is 3. The minimum atomic E-state index is -5.84. The molecule has 5 N–H and O–H groups in total. The predicted molar refractivity (Wildman–Crippen MR) is 215 cm³/mol. The summed E-state index contributed by atoms with van der Waals surface area (Å²) < 4.78 is 63.0. The van der Waals surface area contributed by atoms with Crippen molar-refractivity contribution in [3.05, 3.63) is 155 Å². The molecular weight excluding hydrogens is 778 g/mol. The Morgan fingerprint density at radius 2 is 1.33 bits per heavy atom. The van der Waals surface area contributed by atoms with Gasteiger partial charge in [-0.3, -0.25) is 19.0 Å². The second kappa shape index (κ2) is 20.3. The van der Waals surface area contributed by atoms with E-state index in [4.69, 9.17) is 17.7 Å². The summed E-state index contributed by atoms with van der Waals surface area (Å²) in [6.07, 6.45) is -0.00909. The summed E-state index contributed by atoms with van der Waals surface area (Å²) in [5.74, 6) is -0.702. The molecule has 0 fully saturated rings. The molecule has 5 aromatic carbocycles. The molecule has 2 atom stereocenters. The monoisotopic (exact) mass is 820 g/mol. The Hall–Kier alpha value is -6.23. The van der Waals surface area contributed by atoms with Gasteiger partial charge >= 0.3 is 27.6 Å². The zero-order chi connectivity index (χ0) is 42.5. The van der Waals surface area contributed by atoms with Crippen LogP contribution in [0.5, 0.6) is 5.75 Å². The topological polar surface area (TPSA) is 174 Å². The van der Waals surface area contributed by atoms with E-state index >= 15 is 0 Å². The van der Waals surface area contributed by atoms with Crippen LogP contribution >= 0.6 is 0 Å². The second-order valence-corrected chi connectivity index (χ2v) is 14.5. The molecule has 0 saturated heterocycles. The molecule has 1 unspecified atom stereocenters. The summed E-state index contributed by atoms with van der Waals surface area (Å²) in [5, 5.41) is 18.6. The van der Waals surface area contributed by atoms with Crippen molar-refractivity contribution in [2.75, 3.05) is 23.1 Å². The van der Waals surface area contributed by atoms with Crippen LogP contribution in [0.3, 0.4) is 0 Å². The Balaban J connectivity index is 0.000000841. The Kier molecular flexibility index (Phi) is 15.5. The summed E-state index contributed by atoms with van der Waals surface area (Å²) in [6, 6.07) is 39.2. The molecule has 306 valence electrons. The molecule has 0 radical (unpaired) electrons. The van der Waals surface area contributed by atoms with Crippen LogP contribution in [0.15, 0.2) is 127 Å². The molecule has 12 nitrogen and oxygen atoms in total. The van der Waals surface area contributed by atoms with Gasteiger partial charge in [-0.25, -0.2) is 4.79 Å². The first kappa shape index (κ1) is 44.5. The van der Waals surface area contributed by atoms with E-state index in [0.29, 0.717) is 34.9 Å². The van der Waals surface area contributed by atoms with E-state index in [0.717, 1.165) is 22.3 Å². The molecule has 3 amide bonds.